The van der Waals surface area contributed by atoms with E-state index in [4.69, 9.17) is 9.40 Å². The van der Waals surface area contributed by atoms with E-state index >= 15 is 0 Å². The van der Waals surface area contributed by atoms with Crippen molar-refractivity contribution in [1.29, 1.82) is 0 Å². The third-order valence-corrected chi connectivity index (χ3v) is 6.65. The van der Waals surface area contributed by atoms with Gasteiger partial charge in [0.15, 0.2) is 0 Å². The molecular formula is C24H27IrN2OSi-. The number of fused-ring (bicyclic) bond motifs is 3. The van der Waals surface area contributed by atoms with Crippen LogP contribution in [0, 0.1) is 11.6 Å². The van der Waals surface area contributed by atoms with Gasteiger partial charge in [0, 0.05) is 31.7 Å². The van der Waals surface area contributed by atoms with Crippen molar-refractivity contribution in [2.24, 2.45) is 5.41 Å². The van der Waals surface area contributed by atoms with Crippen molar-refractivity contribution >= 4 is 35.3 Å². The van der Waals surface area contributed by atoms with Gasteiger partial charge in [0.1, 0.15) is 5.58 Å². The third-order valence-electron chi connectivity index (χ3n) is 4.86. The van der Waals surface area contributed by atoms with E-state index in [0.29, 0.717) is 0 Å². The summed E-state index contributed by atoms with van der Waals surface area (Å²) >= 11 is 0. The molecule has 0 atom stereocenters. The molecule has 3 heterocycles. The van der Waals surface area contributed by atoms with Gasteiger partial charge in [0.25, 0.3) is 0 Å². The van der Waals surface area contributed by atoms with Crippen LogP contribution in [0.4, 0.5) is 0 Å². The molecule has 0 fully saturated rings. The van der Waals surface area contributed by atoms with E-state index in [2.05, 4.69) is 75.9 Å². The molecule has 0 unspecified atom stereocenters. The van der Waals surface area contributed by atoms with E-state index in [9.17, 15) is 0 Å². The van der Waals surface area contributed by atoms with Crippen LogP contribution in [-0.4, -0.2) is 18.0 Å². The van der Waals surface area contributed by atoms with E-state index in [1.807, 2.05) is 18.3 Å². The first-order valence-corrected chi connectivity index (χ1v) is 13.3. The fraction of sp³-hybridized carbons (Fsp3) is 0.333. The number of nitrogens with zero attached hydrogens (tertiary/aromatic N) is 2. The van der Waals surface area contributed by atoms with Gasteiger partial charge in [0.2, 0.25) is 0 Å². The summed E-state index contributed by atoms with van der Waals surface area (Å²) in [5.41, 5.74) is 4.96. The summed E-state index contributed by atoms with van der Waals surface area (Å²) in [4.78, 5) is 9.45. The Morgan fingerprint density at radius 2 is 1.79 bits per heavy atom. The molecule has 4 aromatic rings. The average molecular weight is 580 g/mol. The first kappa shape index (κ1) is 21.9. The van der Waals surface area contributed by atoms with Gasteiger partial charge in [0.05, 0.1) is 13.7 Å². The maximum atomic E-state index is 6.33. The molecule has 4 rings (SSSR count). The predicted molar refractivity (Wildman–Crippen MR) is 120 cm³/mol. The minimum absolute atomic E-state index is 0. The van der Waals surface area contributed by atoms with Crippen LogP contribution >= 0.6 is 0 Å². The monoisotopic (exact) mass is 580 g/mol. The van der Waals surface area contributed by atoms with Crippen molar-refractivity contribution in [1.82, 2.24) is 9.97 Å². The molecule has 1 radical (unpaired) electrons. The van der Waals surface area contributed by atoms with Crippen LogP contribution in [0.2, 0.25) is 19.6 Å². The Labute approximate surface area is 187 Å². The van der Waals surface area contributed by atoms with Crippen molar-refractivity contribution in [3.05, 3.63) is 54.4 Å². The molecular weight excluding hydrogens is 553 g/mol. The Bertz CT molecular complexity index is 1170. The molecule has 0 amide bonds. The van der Waals surface area contributed by atoms with Crippen LogP contribution in [0.5, 0.6) is 0 Å². The number of pyridine rings is 2. The zero-order valence-corrected chi connectivity index (χ0v) is 21.3. The van der Waals surface area contributed by atoms with Crippen LogP contribution in [0.15, 0.2) is 47.0 Å². The summed E-state index contributed by atoms with van der Waals surface area (Å²) in [7, 11) is -1.67. The quantitative estimate of drug-likeness (QED) is 0.222. The summed E-state index contributed by atoms with van der Waals surface area (Å²) in [6, 6.07) is 12.5. The molecule has 0 N–H and O–H groups in total. The van der Waals surface area contributed by atoms with Gasteiger partial charge in [-0.2, -0.15) is 0 Å². The number of aromatic nitrogens is 2. The van der Waals surface area contributed by atoms with E-state index in [0.717, 1.165) is 44.9 Å². The fourth-order valence-electron chi connectivity index (χ4n) is 3.72. The topological polar surface area (TPSA) is 38.9 Å². The number of hydrogen-bond donors (Lipinski definition) is 0. The van der Waals surface area contributed by atoms with Gasteiger partial charge in [-0.1, -0.05) is 75.8 Å². The number of hydrogen-bond acceptors (Lipinski definition) is 3. The Hall–Kier alpha value is -1.81. The SMILES string of the molecule is CC(C)(C)Cc1ccnc(-c2[c-]nc([Si](C)(C)C)c3c2oc2ccccc23)c1.[Ir]. The van der Waals surface area contributed by atoms with Gasteiger partial charge in [-0.3, -0.25) is 0 Å². The molecule has 0 saturated carbocycles. The van der Waals surface area contributed by atoms with Crippen LogP contribution in [0.3, 0.4) is 0 Å². The molecule has 153 valence electrons. The predicted octanol–water partition coefficient (Wildman–Crippen LogP) is 5.97. The Morgan fingerprint density at radius 1 is 1.07 bits per heavy atom. The standard InChI is InChI=1S/C24H27N2OSi.Ir/c1-24(2,3)14-16-11-12-25-19(13-16)18-15-26-23(28(4,5)6)21-17-9-7-8-10-20(17)27-22(18)21;/h7-13H,14H2,1-6H3;/q-1;. The zero-order chi connectivity index (χ0) is 20.1. The van der Waals surface area contributed by atoms with Gasteiger partial charge < -0.3 is 14.4 Å². The van der Waals surface area contributed by atoms with Crippen molar-refractivity contribution < 1.29 is 24.5 Å². The average Bonchev–Trinajstić information content (AvgIpc) is 2.98. The summed E-state index contributed by atoms with van der Waals surface area (Å²) < 4.78 is 6.33. The first-order chi connectivity index (χ1) is 13.1. The van der Waals surface area contributed by atoms with Gasteiger partial charge in [-0.15, -0.1) is 0 Å². The Balaban J connectivity index is 0.00000240. The molecule has 29 heavy (non-hydrogen) atoms. The first-order valence-electron chi connectivity index (χ1n) is 9.82. The smallest absolute Gasteiger partial charge is 0.121 e. The molecule has 0 aliphatic rings. The molecule has 0 bridgehead atoms. The maximum absolute atomic E-state index is 6.33. The second kappa shape index (κ2) is 7.79. The van der Waals surface area contributed by atoms with Crippen molar-refractivity contribution in [3.8, 4) is 11.3 Å². The minimum atomic E-state index is -1.67. The second-order valence-corrected chi connectivity index (χ2v) is 14.8. The van der Waals surface area contributed by atoms with Crippen LogP contribution in [0.25, 0.3) is 33.2 Å². The molecule has 0 spiro atoms. The number of furan rings is 1. The number of para-hydroxylation sites is 1. The summed E-state index contributed by atoms with van der Waals surface area (Å²) in [6.45, 7) is 13.7. The van der Waals surface area contributed by atoms with Gasteiger partial charge >= 0.3 is 0 Å². The summed E-state index contributed by atoms with van der Waals surface area (Å²) in [5.74, 6) is 0. The van der Waals surface area contributed by atoms with E-state index < -0.39 is 8.07 Å². The van der Waals surface area contributed by atoms with E-state index in [1.54, 1.807) is 0 Å². The summed E-state index contributed by atoms with van der Waals surface area (Å²) in [6.07, 6.45) is 6.15. The molecule has 3 nitrogen and oxygen atoms in total. The molecule has 1 aromatic carbocycles. The van der Waals surface area contributed by atoms with Crippen LogP contribution in [-0.2, 0) is 26.5 Å². The summed E-state index contributed by atoms with van der Waals surface area (Å²) in [5, 5.41) is 3.40. The van der Waals surface area contributed by atoms with Crippen molar-refractivity contribution in [2.75, 3.05) is 0 Å². The minimum Gasteiger partial charge on any atom is -0.500 e. The second-order valence-electron chi connectivity index (χ2n) is 9.79. The van der Waals surface area contributed by atoms with E-state index in [1.165, 1.54) is 5.56 Å². The molecule has 0 aliphatic carbocycles. The Kier molecular flexibility index (Phi) is 5.88. The van der Waals surface area contributed by atoms with E-state index in [-0.39, 0.29) is 25.5 Å². The van der Waals surface area contributed by atoms with Crippen molar-refractivity contribution in [2.45, 2.75) is 46.8 Å². The number of rotatable bonds is 3. The number of benzene rings is 1. The molecule has 5 heteroatoms. The third kappa shape index (κ3) is 4.37. The van der Waals surface area contributed by atoms with Gasteiger partial charge in [-0.05, 0) is 46.6 Å². The van der Waals surface area contributed by atoms with Crippen LogP contribution in [0.1, 0.15) is 26.3 Å². The fourth-order valence-corrected chi connectivity index (χ4v) is 5.11. The van der Waals surface area contributed by atoms with Crippen molar-refractivity contribution in [3.63, 3.8) is 0 Å². The molecule has 0 aliphatic heterocycles. The molecule has 0 saturated heterocycles. The Morgan fingerprint density at radius 3 is 2.48 bits per heavy atom. The maximum Gasteiger partial charge on any atom is 0.121 e. The zero-order valence-electron chi connectivity index (χ0n) is 17.9. The molecule has 3 aromatic heterocycles. The largest absolute Gasteiger partial charge is 0.500 e. The van der Waals surface area contributed by atoms with Gasteiger partial charge in [-0.25, -0.2) is 0 Å². The van der Waals surface area contributed by atoms with Crippen LogP contribution < -0.4 is 5.32 Å². The normalized spacial score (nSPS) is 12.3.